The second kappa shape index (κ2) is 27.8. The number of ether oxygens (including phenoxy) is 9. The van der Waals surface area contributed by atoms with Gasteiger partial charge in [0.25, 0.3) is 0 Å². The zero-order chi connectivity index (χ0) is 60.2. The maximum Gasteiger partial charge on any atom is 0.309 e. The molecule has 6 saturated heterocycles. The molecule has 7 rings (SSSR count). The van der Waals surface area contributed by atoms with E-state index in [0.717, 1.165) is 0 Å². The molecule has 24 unspecified atom stereocenters. The Morgan fingerprint density at radius 1 is 0.829 bits per heavy atom. The summed E-state index contributed by atoms with van der Waals surface area (Å²) in [5.74, 6) is -11.0. The van der Waals surface area contributed by atoms with Crippen LogP contribution in [0.25, 0.3) is 0 Å². The number of hydrogen-bond acceptors (Lipinski definition) is 20. The summed E-state index contributed by atoms with van der Waals surface area (Å²) < 4.78 is 56.7. The molecule has 0 aromatic rings. The molecule has 7 heterocycles. The highest BCUT2D eigenvalue weighted by Gasteiger charge is 2.58. The number of aliphatic hydroxyl groups is 8. The van der Waals surface area contributed by atoms with Crippen molar-refractivity contribution >= 4 is 29.3 Å². The van der Waals surface area contributed by atoms with E-state index >= 15 is 0 Å². The molecule has 24 atom stereocenters. The number of carbonyl (C=O) groups is 3. The van der Waals surface area contributed by atoms with Gasteiger partial charge in [-0.1, -0.05) is 88.4 Å². The first-order chi connectivity index (χ1) is 38.5. The number of hydrogen-bond donors (Lipinski definition) is 8. The van der Waals surface area contributed by atoms with E-state index < -0.39 is 163 Å². The van der Waals surface area contributed by atoms with E-state index in [9.17, 15) is 55.2 Å². The number of aliphatic hydroxyl groups excluding tert-OH is 6. The van der Waals surface area contributed by atoms with Gasteiger partial charge in [-0.2, -0.15) is 0 Å². The van der Waals surface area contributed by atoms with Crippen LogP contribution in [-0.4, -0.2) is 187 Å². The Hall–Kier alpha value is -3.00. The molecule has 20 nitrogen and oxygen atoms in total. The van der Waals surface area contributed by atoms with Gasteiger partial charge in [0.1, 0.15) is 24.1 Å². The lowest BCUT2D eigenvalue weighted by Gasteiger charge is -2.52. The van der Waals surface area contributed by atoms with Gasteiger partial charge in [0.05, 0.1) is 98.3 Å². The molecule has 21 heteroatoms. The van der Waals surface area contributed by atoms with Crippen LogP contribution < -0.4 is 0 Å². The van der Waals surface area contributed by atoms with E-state index in [1.807, 2.05) is 12.2 Å². The average Bonchev–Trinajstić information content (AvgIpc) is 2.82. The smallest absolute Gasteiger partial charge is 0.309 e. The fraction of sp³-hybridized carbons (Fsp3) is 0.787. The highest BCUT2D eigenvalue weighted by molar-refractivity contribution is 6.30. The minimum absolute atomic E-state index is 0.00873. The zero-order valence-corrected chi connectivity index (χ0v) is 49.6. The van der Waals surface area contributed by atoms with E-state index in [2.05, 4.69) is 19.7 Å². The number of fused-ring (bicyclic) bond motifs is 8. The predicted octanol–water partition coefficient (Wildman–Crippen LogP) is 5.20. The van der Waals surface area contributed by atoms with Gasteiger partial charge in [-0.15, -0.1) is 0 Å². The number of Topliss-reactive ketones (excluding diaryl/α,β-unsaturated/α-hetero) is 1. The Morgan fingerprint density at radius 2 is 1.50 bits per heavy atom. The van der Waals surface area contributed by atoms with E-state index in [1.54, 1.807) is 41.7 Å². The molecular weight excluding hydrogens is 1090 g/mol. The Labute approximate surface area is 487 Å². The first-order valence-electron chi connectivity index (χ1n) is 29.4. The lowest BCUT2D eigenvalue weighted by Crippen LogP contribution is -2.65. The predicted molar refractivity (Wildman–Crippen MR) is 298 cm³/mol. The monoisotopic (exact) mass is 1180 g/mol. The van der Waals surface area contributed by atoms with E-state index in [-0.39, 0.29) is 81.1 Å². The molecule has 7 aliphatic rings. The average molecular weight is 1180 g/mol. The van der Waals surface area contributed by atoms with Crippen LogP contribution in [0, 0.1) is 29.6 Å². The summed E-state index contributed by atoms with van der Waals surface area (Å²) in [5.41, 5.74) is -0.470. The molecule has 0 radical (unpaired) electrons. The van der Waals surface area contributed by atoms with Crippen LogP contribution in [0.4, 0.5) is 0 Å². The maximum atomic E-state index is 14.4. The lowest BCUT2D eigenvalue weighted by molar-refractivity contribution is -0.351. The van der Waals surface area contributed by atoms with Gasteiger partial charge < -0.3 is 83.5 Å². The van der Waals surface area contributed by atoms with Crippen molar-refractivity contribution in [3.05, 3.63) is 60.2 Å². The minimum Gasteiger partial charge on any atom is -0.469 e. The molecular formula is C61H93ClO20. The Balaban J connectivity index is 1.20. The Morgan fingerprint density at radius 3 is 2.20 bits per heavy atom. The molecule has 0 aromatic carbocycles. The first-order valence-corrected chi connectivity index (χ1v) is 29.8. The molecule has 0 amide bonds. The topological polar surface area (TPSA) is 296 Å². The van der Waals surface area contributed by atoms with Crippen LogP contribution in [-0.2, 0) is 57.0 Å². The quantitative estimate of drug-likeness (QED) is 0.0880. The van der Waals surface area contributed by atoms with Crippen LogP contribution in [0.15, 0.2) is 60.2 Å². The molecule has 0 aromatic heterocycles. The summed E-state index contributed by atoms with van der Waals surface area (Å²) in [7, 11) is 2.83. The molecule has 6 fully saturated rings. The summed E-state index contributed by atoms with van der Waals surface area (Å²) in [6, 6.07) is 0. The largest absolute Gasteiger partial charge is 0.469 e. The van der Waals surface area contributed by atoms with Crippen LogP contribution in [0.5, 0.6) is 0 Å². The SMILES string of the molecule is C=C(Cl)/C=C/C(O)CC(=C)CC1OC2C(C)C(OC(=O)CC3CC(O)CC4(CC(C)(O)CC(CC(=C)C(C)C(C(=O)OC)C(C)C(=O)CC5CC(OC)CC6(CC(O)CC(/C=C\CCCC7OC(O)(CC(O)C7C)C2O)O6)O5)O4)O3)C1O. The molecule has 0 aliphatic carbocycles. The second-order valence-electron chi connectivity index (χ2n) is 25.3. The Bertz CT molecular complexity index is 2310. The standard InChI is InChI=1S/C61H93ClO20/c1-32(18-39(63)17-16-34(3)62)19-50-53(69)54-38(7)55(76-50)56(70)61(73)30-48(67)36(5)49(82-61)15-13-11-12-14-42-21-40(64)26-59(78-42)29-45(74-9)23-44(79-59)24-47(66)37(6)52(57(71)75-10)35(4)33(2)20-46-28-58(8,72)31-60(81-46)27-41(65)22-43(80-60)25-51(68)77-54/h12,14,16-17,35-46,48-50,52-56,63-65,67,69-70,72-73H,1-3,11,13,15,18-31H2,4-10H3/b14-12-,17-16+. The van der Waals surface area contributed by atoms with Crippen LogP contribution in [0.1, 0.15) is 144 Å². The number of esters is 2. The first kappa shape index (κ1) is 66.5. The van der Waals surface area contributed by atoms with Gasteiger partial charge in [-0.25, -0.2) is 0 Å². The van der Waals surface area contributed by atoms with Crippen molar-refractivity contribution in [3.63, 3.8) is 0 Å². The van der Waals surface area contributed by atoms with Crippen LogP contribution in [0.3, 0.4) is 0 Å². The highest BCUT2D eigenvalue weighted by Crippen LogP contribution is 2.48. The summed E-state index contributed by atoms with van der Waals surface area (Å²) in [6.45, 7) is 20.5. The number of rotatable bonds is 8. The fourth-order valence-corrected chi connectivity index (χ4v) is 14.1. The van der Waals surface area contributed by atoms with Crippen molar-refractivity contribution in [2.75, 3.05) is 14.2 Å². The van der Waals surface area contributed by atoms with Crippen molar-refractivity contribution in [1.29, 1.82) is 0 Å². The second-order valence-corrected chi connectivity index (χ2v) is 25.8. The zero-order valence-electron chi connectivity index (χ0n) is 48.9. The van der Waals surface area contributed by atoms with Crippen LogP contribution >= 0.6 is 11.6 Å². The number of carbonyl (C=O) groups excluding carboxylic acids is 3. The van der Waals surface area contributed by atoms with Gasteiger partial charge in [-0.3, -0.25) is 14.4 Å². The molecule has 10 bridgehead atoms. The van der Waals surface area contributed by atoms with Gasteiger partial charge in [0.15, 0.2) is 17.4 Å². The highest BCUT2D eigenvalue weighted by atomic mass is 35.5. The minimum atomic E-state index is -2.39. The van der Waals surface area contributed by atoms with Crippen molar-refractivity contribution in [3.8, 4) is 0 Å². The number of ketones is 1. The van der Waals surface area contributed by atoms with Gasteiger partial charge in [0.2, 0.25) is 0 Å². The van der Waals surface area contributed by atoms with Gasteiger partial charge >= 0.3 is 11.9 Å². The molecule has 82 heavy (non-hydrogen) atoms. The summed E-state index contributed by atoms with van der Waals surface area (Å²) in [4.78, 5) is 42.4. The van der Waals surface area contributed by atoms with E-state index in [1.165, 1.54) is 19.3 Å². The number of methoxy groups -OCH3 is 2. The third-order valence-electron chi connectivity index (χ3n) is 18.2. The molecule has 2 spiro atoms. The normalized spacial score (nSPS) is 45.8. The van der Waals surface area contributed by atoms with E-state index in [4.69, 9.17) is 54.2 Å². The third-order valence-corrected chi connectivity index (χ3v) is 18.4. The van der Waals surface area contributed by atoms with E-state index in [0.29, 0.717) is 43.3 Å². The summed E-state index contributed by atoms with van der Waals surface area (Å²) >= 11 is 5.88. The molecule has 7 aliphatic heterocycles. The number of halogens is 1. The lowest BCUT2D eigenvalue weighted by atomic mass is 9.74. The summed E-state index contributed by atoms with van der Waals surface area (Å²) in [6.07, 6.45) is -7.60. The molecule has 0 saturated carbocycles. The third kappa shape index (κ3) is 16.5. The van der Waals surface area contributed by atoms with Crippen LogP contribution in [0.2, 0.25) is 0 Å². The van der Waals surface area contributed by atoms with Crippen molar-refractivity contribution in [2.24, 2.45) is 29.6 Å². The Kier molecular flexibility index (Phi) is 22.5. The van der Waals surface area contributed by atoms with Crippen molar-refractivity contribution in [1.82, 2.24) is 0 Å². The molecule has 8 N–H and O–H groups in total. The number of allylic oxidation sites excluding steroid dienone is 3. The van der Waals surface area contributed by atoms with Crippen molar-refractivity contribution in [2.45, 2.75) is 258 Å². The fourth-order valence-electron chi connectivity index (χ4n) is 14.0. The van der Waals surface area contributed by atoms with Crippen molar-refractivity contribution < 1.29 is 97.9 Å². The maximum absolute atomic E-state index is 14.4. The van der Waals surface area contributed by atoms with Gasteiger partial charge in [-0.05, 0) is 57.4 Å². The van der Waals surface area contributed by atoms with Gasteiger partial charge in [0, 0.05) is 94.1 Å². The summed E-state index contributed by atoms with van der Waals surface area (Å²) in [5, 5.41) is 93.6. The molecule has 464 valence electrons.